The summed E-state index contributed by atoms with van der Waals surface area (Å²) in [7, 11) is 0. The first-order chi connectivity index (χ1) is 12.6. The molecule has 1 saturated heterocycles. The monoisotopic (exact) mass is 353 g/mol. The summed E-state index contributed by atoms with van der Waals surface area (Å²) in [5, 5.41) is 0. The van der Waals surface area contributed by atoms with Gasteiger partial charge in [0.05, 0.1) is 12.6 Å². The highest BCUT2D eigenvalue weighted by Crippen LogP contribution is 2.34. The minimum atomic E-state index is -0.115. The highest BCUT2D eigenvalue weighted by atomic mass is 16.7. The van der Waals surface area contributed by atoms with Crippen LogP contribution >= 0.6 is 0 Å². The zero-order chi connectivity index (χ0) is 18.1. The van der Waals surface area contributed by atoms with E-state index < -0.39 is 0 Å². The maximum absolute atomic E-state index is 13.1. The first-order valence-corrected chi connectivity index (χ1v) is 9.01. The van der Waals surface area contributed by atoms with Gasteiger partial charge in [-0.05, 0) is 29.7 Å². The first-order valence-electron chi connectivity index (χ1n) is 9.01. The van der Waals surface area contributed by atoms with Crippen LogP contribution in [0, 0.1) is 5.92 Å². The molecule has 0 radical (unpaired) electrons. The third-order valence-electron chi connectivity index (χ3n) is 4.95. The zero-order valence-corrected chi connectivity index (χ0v) is 15.1. The van der Waals surface area contributed by atoms with E-state index in [0.717, 1.165) is 5.56 Å². The molecule has 0 bridgehead atoms. The van der Waals surface area contributed by atoms with E-state index in [0.29, 0.717) is 36.1 Å². The van der Waals surface area contributed by atoms with Gasteiger partial charge in [-0.15, -0.1) is 0 Å². The molecule has 2 aliphatic heterocycles. The van der Waals surface area contributed by atoms with E-state index in [1.807, 2.05) is 23.1 Å². The smallest absolute Gasteiger partial charge is 0.254 e. The van der Waals surface area contributed by atoms with Gasteiger partial charge in [-0.3, -0.25) is 4.79 Å². The lowest BCUT2D eigenvalue weighted by molar-refractivity contribution is -0.0954. The number of morpholine rings is 1. The van der Waals surface area contributed by atoms with Crippen molar-refractivity contribution in [1.29, 1.82) is 0 Å². The van der Waals surface area contributed by atoms with Crippen molar-refractivity contribution in [2.45, 2.75) is 26.1 Å². The van der Waals surface area contributed by atoms with Crippen molar-refractivity contribution in [3.8, 4) is 11.5 Å². The van der Waals surface area contributed by atoms with Crippen LogP contribution in [-0.4, -0.2) is 36.8 Å². The van der Waals surface area contributed by atoms with Crippen LogP contribution < -0.4 is 9.47 Å². The fourth-order valence-electron chi connectivity index (χ4n) is 3.39. The number of hydrogen-bond acceptors (Lipinski definition) is 4. The van der Waals surface area contributed by atoms with E-state index in [4.69, 9.17) is 14.2 Å². The van der Waals surface area contributed by atoms with Crippen LogP contribution in [0.3, 0.4) is 0 Å². The van der Waals surface area contributed by atoms with Gasteiger partial charge >= 0.3 is 0 Å². The molecule has 1 fully saturated rings. The highest BCUT2D eigenvalue weighted by Gasteiger charge is 2.33. The molecule has 136 valence electrons. The topological polar surface area (TPSA) is 48.0 Å². The number of ether oxygens (including phenoxy) is 3. The Labute approximate surface area is 153 Å². The molecule has 2 atom stereocenters. The Hall–Kier alpha value is -2.53. The average Bonchev–Trinajstić information content (AvgIpc) is 3.15. The lowest BCUT2D eigenvalue weighted by Gasteiger charge is -2.40. The van der Waals surface area contributed by atoms with Crippen molar-refractivity contribution in [2.75, 3.05) is 19.9 Å². The van der Waals surface area contributed by atoms with Crippen LogP contribution in [0.25, 0.3) is 0 Å². The van der Waals surface area contributed by atoms with Crippen molar-refractivity contribution in [2.24, 2.45) is 5.92 Å². The molecule has 2 aromatic carbocycles. The number of nitrogens with zero attached hydrogens (tertiary/aromatic N) is 1. The summed E-state index contributed by atoms with van der Waals surface area (Å²) in [4.78, 5) is 15.0. The summed E-state index contributed by atoms with van der Waals surface area (Å²) in [5.41, 5.74) is 1.71. The number of carbonyl (C=O) groups is 1. The fourth-order valence-corrected chi connectivity index (χ4v) is 3.39. The van der Waals surface area contributed by atoms with Gasteiger partial charge in [-0.25, -0.2) is 0 Å². The second-order valence-corrected chi connectivity index (χ2v) is 7.10. The van der Waals surface area contributed by atoms with Crippen LogP contribution in [0.1, 0.15) is 35.9 Å². The zero-order valence-electron chi connectivity index (χ0n) is 15.1. The Kier molecular flexibility index (Phi) is 4.55. The second kappa shape index (κ2) is 7.00. The Balaban J connectivity index is 1.58. The van der Waals surface area contributed by atoms with E-state index in [1.165, 1.54) is 0 Å². The highest BCUT2D eigenvalue weighted by molar-refractivity contribution is 5.95. The van der Waals surface area contributed by atoms with Crippen molar-refractivity contribution in [3.05, 3.63) is 59.7 Å². The average molecular weight is 353 g/mol. The molecule has 26 heavy (non-hydrogen) atoms. The third kappa shape index (κ3) is 3.27. The summed E-state index contributed by atoms with van der Waals surface area (Å²) in [6.07, 6.45) is -0.109. The molecule has 0 spiro atoms. The number of rotatable bonds is 3. The summed E-state index contributed by atoms with van der Waals surface area (Å²) < 4.78 is 17.0. The second-order valence-electron chi connectivity index (χ2n) is 7.10. The molecule has 2 heterocycles. The lowest BCUT2D eigenvalue weighted by atomic mass is 10.0. The Morgan fingerprint density at radius 1 is 1.04 bits per heavy atom. The fraction of sp³-hybridized carbons (Fsp3) is 0.381. The molecule has 4 rings (SSSR count). The molecule has 0 aromatic heterocycles. The SMILES string of the molecule is CC(C)[C@H]1CN(C(=O)c2ccc3c(c2)OCO3)C[C@@H](c2ccccc2)O1. The van der Waals surface area contributed by atoms with E-state index in [1.54, 1.807) is 18.2 Å². The first kappa shape index (κ1) is 16.9. The number of benzene rings is 2. The van der Waals surface area contributed by atoms with Crippen molar-refractivity contribution in [3.63, 3.8) is 0 Å². The van der Waals surface area contributed by atoms with Gasteiger partial charge in [-0.2, -0.15) is 0 Å². The largest absolute Gasteiger partial charge is 0.454 e. The van der Waals surface area contributed by atoms with Crippen molar-refractivity contribution in [1.82, 2.24) is 4.90 Å². The van der Waals surface area contributed by atoms with Gasteiger partial charge in [0.2, 0.25) is 6.79 Å². The van der Waals surface area contributed by atoms with E-state index in [9.17, 15) is 4.79 Å². The molecule has 0 aliphatic carbocycles. The van der Waals surface area contributed by atoms with Gasteiger partial charge in [0, 0.05) is 12.1 Å². The molecule has 0 saturated carbocycles. The van der Waals surface area contributed by atoms with E-state index in [-0.39, 0.29) is 24.9 Å². The Morgan fingerprint density at radius 2 is 1.81 bits per heavy atom. The van der Waals surface area contributed by atoms with E-state index in [2.05, 4.69) is 26.0 Å². The number of fused-ring (bicyclic) bond motifs is 1. The van der Waals surface area contributed by atoms with Crippen molar-refractivity contribution >= 4 is 5.91 Å². The summed E-state index contributed by atoms with van der Waals surface area (Å²) in [6, 6.07) is 15.5. The van der Waals surface area contributed by atoms with Gasteiger partial charge < -0.3 is 19.1 Å². The maximum Gasteiger partial charge on any atom is 0.254 e. The van der Waals surface area contributed by atoms with Gasteiger partial charge in [-0.1, -0.05) is 44.2 Å². The molecule has 0 N–H and O–H groups in total. The predicted octanol–water partition coefficient (Wildman–Crippen LogP) is 3.65. The quantitative estimate of drug-likeness (QED) is 0.845. The summed E-state index contributed by atoms with van der Waals surface area (Å²) in [5.74, 6) is 1.64. The van der Waals surface area contributed by atoms with Crippen LogP contribution in [0.2, 0.25) is 0 Å². The molecular weight excluding hydrogens is 330 g/mol. The molecule has 0 unspecified atom stereocenters. The molecule has 2 aliphatic rings. The third-order valence-corrected chi connectivity index (χ3v) is 4.95. The predicted molar refractivity (Wildman–Crippen MR) is 97.4 cm³/mol. The molecular formula is C21H23NO4. The van der Waals surface area contributed by atoms with Gasteiger partial charge in [0.15, 0.2) is 11.5 Å². The Bertz CT molecular complexity index is 790. The minimum Gasteiger partial charge on any atom is -0.454 e. The lowest BCUT2D eigenvalue weighted by Crippen LogP contribution is -2.48. The molecule has 5 nitrogen and oxygen atoms in total. The molecule has 1 amide bonds. The number of carbonyl (C=O) groups excluding carboxylic acids is 1. The number of amides is 1. The maximum atomic E-state index is 13.1. The van der Waals surface area contributed by atoms with Gasteiger partial charge in [0.25, 0.3) is 5.91 Å². The minimum absolute atomic E-state index is 0.00168. The van der Waals surface area contributed by atoms with Crippen LogP contribution in [0.5, 0.6) is 11.5 Å². The normalized spacial score (nSPS) is 21.9. The summed E-state index contributed by atoms with van der Waals surface area (Å²) in [6.45, 7) is 5.59. The summed E-state index contributed by atoms with van der Waals surface area (Å²) >= 11 is 0. The van der Waals surface area contributed by atoms with Crippen LogP contribution in [-0.2, 0) is 4.74 Å². The van der Waals surface area contributed by atoms with Crippen molar-refractivity contribution < 1.29 is 19.0 Å². The molecule has 5 heteroatoms. The Morgan fingerprint density at radius 3 is 2.58 bits per heavy atom. The number of hydrogen-bond donors (Lipinski definition) is 0. The van der Waals surface area contributed by atoms with E-state index >= 15 is 0 Å². The van der Waals surface area contributed by atoms with Gasteiger partial charge in [0.1, 0.15) is 6.10 Å². The standard InChI is InChI=1S/C21H23NO4/c1-14(2)19-11-22(12-20(26-19)15-6-4-3-5-7-15)21(23)16-8-9-17-18(10-16)25-13-24-17/h3-10,14,19-20H,11-13H2,1-2H3/t19-,20+/m1/s1. The van der Waals surface area contributed by atoms with Crippen LogP contribution in [0.15, 0.2) is 48.5 Å². The molecule has 2 aromatic rings. The van der Waals surface area contributed by atoms with Crippen LogP contribution in [0.4, 0.5) is 0 Å².